The third-order valence-electron chi connectivity index (χ3n) is 7.11. The van der Waals surface area contributed by atoms with Crippen LogP contribution in [-0.2, 0) is 13.0 Å². The zero-order chi connectivity index (χ0) is 24.4. The third-order valence-corrected chi connectivity index (χ3v) is 8.09. The summed E-state index contributed by atoms with van der Waals surface area (Å²) in [7, 11) is 0. The van der Waals surface area contributed by atoms with Gasteiger partial charge in [0.15, 0.2) is 0 Å². The lowest BCUT2D eigenvalue weighted by Gasteiger charge is -2.42. The van der Waals surface area contributed by atoms with Gasteiger partial charge in [-0.2, -0.15) is 0 Å². The number of piperazine rings is 1. The smallest absolute Gasteiger partial charge is 0.223 e. The van der Waals surface area contributed by atoms with Gasteiger partial charge in [-0.05, 0) is 64.7 Å². The van der Waals surface area contributed by atoms with E-state index in [-0.39, 0.29) is 11.6 Å². The Hall–Kier alpha value is -2.20. The molecule has 0 amide bonds. The Morgan fingerprint density at radius 3 is 2.49 bits per heavy atom. The molecule has 0 bridgehead atoms. The minimum atomic E-state index is -0.171. The monoisotopic (exact) mass is 495 g/mol. The van der Waals surface area contributed by atoms with Gasteiger partial charge in [-0.25, -0.2) is 19.9 Å². The zero-order valence-electron chi connectivity index (χ0n) is 21.1. The number of hydrogen-bond acceptors (Lipinski definition) is 9. The Morgan fingerprint density at radius 1 is 1.03 bits per heavy atom. The maximum Gasteiger partial charge on any atom is 0.223 e. The van der Waals surface area contributed by atoms with Crippen molar-refractivity contribution >= 4 is 27.6 Å². The van der Waals surface area contributed by atoms with Crippen molar-refractivity contribution in [2.75, 3.05) is 31.5 Å². The van der Waals surface area contributed by atoms with Crippen molar-refractivity contribution in [1.29, 1.82) is 0 Å². The van der Waals surface area contributed by atoms with Gasteiger partial charge in [0, 0.05) is 56.9 Å². The third kappa shape index (κ3) is 6.33. The number of nitrogens with zero attached hydrogens (tertiary/aromatic N) is 6. The number of hydrogen-bond donors (Lipinski definition) is 2. The van der Waals surface area contributed by atoms with Crippen LogP contribution >= 0.6 is 11.3 Å². The first-order valence-electron chi connectivity index (χ1n) is 12.8. The molecule has 0 spiro atoms. The molecule has 2 aliphatic rings. The predicted octanol–water partition coefficient (Wildman–Crippen LogP) is 3.70. The van der Waals surface area contributed by atoms with Crippen LogP contribution in [0.1, 0.15) is 62.8 Å². The van der Waals surface area contributed by atoms with Gasteiger partial charge in [0.05, 0.1) is 17.5 Å². The van der Waals surface area contributed by atoms with Crippen molar-refractivity contribution < 1.29 is 5.11 Å². The molecule has 5 rings (SSSR count). The van der Waals surface area contributed by atoms with Gasteiger partial charge in [0.1, 0.15) is 15.4 Å². The molecule has 8 nitrogen and oxygen atoms in total. The Morgan fingerprint density at radius 2 is 1.77 bits per heavy atom. The van der Waals surface area contributed by atoms with E-state index in [2.05, 4.69) is 46.9 Å². The maximum atomic E-state index is 9.88. The van der Waals surface area contributed by atoms with Crippen LogP contribution in [0.2, 0.25) is 0 Å². The topological polar surface area (TPSA) is 90.3 Å². The van der Waals surface area contributed by atoms with Gasteiger partial charge in [-0.1, -0.05) is 11.3 Å². The van der Waals surface area contributed by atoms with Gasteiger partial charge in [-0.15, -0.1) is 0 Å². The van der Waals surface area contributed by atoms with Crippen LogP contribution in [0.4, 0.5) is 5.95 Å². The van der Waals surface area contributed by atoms with E-state index < -0.39 is 0 Å². The summed E-state index contributed by atoms with van der Waals surface area (Å²) in [6.07, 6.45) is 5.88. The average Bonchev–Trinajstić information content (AvgIpc) is 3.22. The lowest BCUT2D eigenvalue weighted by molar-refractivity contribution is 0.0586. The van der Waals surface area contributed by atoms with Gasteiger partial charge in [0.2, 0.25) is 5.95 Å². The minimum Gasteiger partial charge on any atom is -0.393 e. The molecule has 0 unspecified atom stereocenters. The summed E-state index contributed by atoms with van der Waals surface area (Å²) < 4.78 is 0. The van der Waals surface area contributed by atoms with Crippen LogP contribution < -0.4 is 5.32 Å². The fourth-order valence-electron chi connectivity index (χ4n) is 5.04. The molecular weight excluding hydrogens is 458 g/mol. The first kappa shape index (κ1) is 24.5. The van der Waals surface area contributed by atoms with E-state index in [1.54, 1.807) is 11.3 Å². The number of aromatic nitrogens is 4. The molecule has 1 aliphatic carbocycles. The van der Waals surface area contributed by atoms with Crippen molar-refractivity contribution in [2.24, 2.45) is 0 Å². The molecule has 0 atom stereocenters. The molecule has 2 fully saturated rings. The van der Waals surface area contributed by atoms with E-state index in [1.165, 1.54) is 0 Å². The summed E-state index contributed by atoms with van der Waals surface area (Å²) in [6, 6.07) is 6.39. The summed E-state index contributed by atoms with van der Waals surface area (Å²) >= 11 is 1.63. The quantitative estimate of drug-likeness (QED) is 0.535. The molecule has 1 aliphatic heterocycles. The molecule has 0 radical (unpaired) electrons. The number of rotatable bonds is 6. The van der Waals surface area contributed by atoms with Crippen LogP contribution in [0.5, 0.6) is 0 Å². The Labute approximate surface area is 211 Å². The molecule has 2 N–H and O–H groups in total. The molecular formula is C26H37N7OS. The number of aliphatic hydroxyl groups excluding tert-OH is 1. The molecule has 3 aromatic heterocycles. The summed E-state index contributed by atoms with van der Waals surface area (Å²) in [5.41, 5.74) is 3.19. The first-order chi connectivity index (χ1) is 16.8. The van der Waals surface area contributed by atoms with Crippen molar-refractivity contribution in [3.05, 3.63) is 40.8 Å². The summed E-state index contributed by atoms with van der Waals surface area (Å²) in [4.78, 5) is 25.0. The van der Waals surface area contributed by atoms with E-state index in [0.29, 0.717) is 18.4 Å². The van der Waals surface area contributed by atoms with Gasteiger partial charge >= 0.3 is 0 Å². The predicted molar refractivity (Wildman–Crippen MR) is 141 cm³/mol. The number of pyridine rings is 1. The number of nitrogens with one attached hydrogen (secondary N) is 1. The van der Waals surface area contributed by atoms with E-state index in [1.807, 2.05) is 18.3 Å². The molecule has 3 aromatic rings. The van der Waals surface area contributed by atoms with Gasteiger partial charge < -0.3 is 10.4 Å². The summed E-state index contributed by atoms with van der Waals surface area (Å²) in [6.45, 7) is 11.9. The van der Waals surface area contributed by atoms with E-state index >= 15 is 0 Å². The van der Waals surface area contributed by atoms with Crippen LogP contribution in [-0.4, -0.2) is 78.7 Å². The molecule has 188 valence electrons. The number of thiazole rings is 1. The first-order valence-corrected chi connectivity index (χ1v) is 13.6. The normalized spacial score (nSPS) is 22.5. The second kappa shape index (κ2) is 10.4. The maximum absolute atomic E-state index is 9.88. The van der Waals surface area contributed by atoms with Crippen LogP contribution in [0.15, 0.2) is 24.4 Å². The second-order valence-corrected chi connectivity index (χ2v) is 11.9. The molecule has 1 saturated heterocycles. The highest BCUT2D eigenvalue weighted by Gasteiger charge is 2.26. The molecule has 35 heavy (non-hydrogen) atoms. The van der Waals surface area contributed by atoms with Crippen molar-refractivity contribution in [3.8, 4) is 0 Å². The molecule has 9 heteroatoms. The van der Waals surface area contributed by atoms with Crippen molar-refractivity contribution in [1.82, 2.24) is 29.7 Å². The number of aliphatic hydroxyl groups is 1. The summed E-state index contributed by atoms with van der Waals surface area (Å²) in [5.74, 6) is 0.700. The molecule has 4 heterocycles. The highest BCUT2D eigenvalue weighted by molar-refractivity contribution is 7.18. The fraction of sp³-hybridized carbons (Fsp3) is 0.615. The Balaban J connectivity index is 1.33. The summed E-state index contributed by atoms with van der Waals surface area (Å²) in [5, 5.41) is 14.5. The SMILES string of the molecule is CC(C)(C)N1CCN(Cc2cc(Cc3nc4cccnc4s3)nc(NC3CCC(O)CC3)n2)CC1. The Bertz CT molecular complexity index is 1100. The fourth-order valence-corrected chi connectivity index (χ4v) is 5.96. The lowest BCUT2D eigenvalue weighted by Crippen LogP contribution is -2.53. The average molecular weight is 496 g/mol. The number of fused-ring (bicyclic) bond motifs is 1. The van der Waals surface area contributed by atoms with E-state index in [4.69, 9.17) is 15.0 Å². The number of anilines is 1. The second-order valence-electron chi connectivity index (χ2n) is 10.9. The standard InChI is InChI=1S/C26H37N7OS/c1-26(2,3)33-13-11-32(12-14-33)17-20-15-19(16-23-31-22-5-4-10-27-24(22)35-23)29-25(30-20)28-18-6-8-21(34)9-7-18/h4-5,10,15,18,21,34H,6-9,11-14,16-17H2,1-3H3,(H,28,29,30). The van der Waals surface area contributed by atoms with Gasteiger partial charge in [0.25, 0.3) is 0 Å². The minimum absolute atomic E-state index is 0.171. The van der Waals surface area contributed by atoms with Crippen LogP contribution in [0.3, 0.4) is 0 Å². The molecule has 0 aromatic carbocycles. The highest BCUT2D eigenvalue weighted by Crippen LogP contribution is 2.24. The van der Waals surface area contributed by atoms with Crippen LogP contribution in [0.25, 0.3) is 10.3 Å². The van der Waals surface area contributed by atoms with Crippen LogP contribution in [0, 0.1) is 0 Å². The van der Waals surface area contributed by atoms with E-state index in [0.717, 1.165) is 85.1 Å². The van der Waals surface area contributed by atoms with Crippen molar-refractivity contribution in [2.45, 2.75) is 77.1 Å². The van der Waals surface area contributed by atoms with Crippen molar-refractivity contribution in [3.63, 3.8) is 0 Å². The van der Waals surface area contributed by atoms with E-state index in [9.17, 15) is 5.11 Å². The largest absolute Gasteiger partial charge is 0.393 e. The Kier molecular flexibility index (Phi) is 7.29. The molecule has 1 saturated carbocycles. The highest BCUT2D eigenvalue weighted by atomic mass is 32.1. The lowest BCUT2D eigenvalue weighted by atomic mass is 9.93. The van der Waals surface area contributed by atoms with Gasteiger partial charge in [-0.3, -0.25) is 9.80 Å². The zero-order valence-corrected chi connectivity index (χ0v) is 21.9.